The van der Waals surface area contributed by atoms with Gasteiger partial charge in [0.2, 0.25) is 0 Å². The number of imidazole rings is 1. The third kappa shape index (κ3) is 3.69. The number of nitrogens with zero attached hydrogens (tertiary/aromatic N) is 2. The lowest BCUT2D eigenvalue weighted by molar-refractivity contribution is 0.0938. The van der Waals surface area contributed by atoms with Gasteiger partial charge in [-0.05, 0) is 40.6 Å². The first-order chi connectivity index (χ1) is 14.1. The zero-order chi connectivity index (χ0) is 20.4. The summed E-state index contributed by atoms with van der Waals surface area (Å²) in [5.74, 6) is 0.367. The van der Waals surface area contributed by atoms with Crippen LogP contribution in [0.2, 0.25) is 0 Å². The van der Waals surface area contributed by atoms with Crippen LogP contribution in [0.25, 0.3) is 10.8 Å². The van der Waals surface area contributed by atoms with Gasteiger partial charge in [-0.3, -0.25) is 4.79 Å². The number of methoxy groups -OCH3 is 1. The van der Waals surface area contributed by atoms with Crippen LogP contribution in [0.3, 0.4) is 0 Å². The first-order valence-corrected chi connectivity index (χ1v) is 9.17. The van der Waals surface area contributed by atoms with Crippen LogP contribution in [-0.2, 0) is 7.05 Å². The van der Waals surface area contributed by atoms with Crippen molar-refractivity contribution >= 4 is 16.7 Å². The summed E-state index contributed by atoms with van der Waals surface area (Å²) in [6.07, 6.45) is 3.43. The van der Waals surface area contributed by atoms with Crippen molar-refractivity contribution in [3.05, 3.63) is 95.8 Å². The average Bonchev–Trinajstić information content (AvgIpc) is 3.16. The number of hydrogen-bond acceptors (Lipinski definition) is 3. The van der Waals surface area contributed by atoms with E-state index in [1.807, 2.05) is 37.4 Å². The average molecular weight is 389 g/mol. The summed E-state index contributed by atoms with van der Waals surface area (Å²) in [6, 6.07) is 16.9. The van der Waals surface area contributed by atoms with Gasteiger partial charge < -0.3 is 14.6 Å². The van der Waals surface area contributed by atoms with Gasteiger partial charge in [-0.1, -0.05) is 36.4 Å². The van der Waals surface area contributed by atoms with E-state index in [4.69, 9.17) is 4.74 Å². The molecule has 0 radical (unpaired) electrons. The van der Waals surface area contributed by atoms with Gasteiger partial charge in [0.05, 0.1) is 12.7 Å². The van der Waals surface area contributed by atoms with E-state index >= 15 is 0 Å². The lowest BCUT2D eigenvalue weighted by Gasteiger charge is -2.20. The van der Waals surface area contributed by atoms with Crippen LogP contribution >= 0.6 is 0 Å². The predicted molar refractivity (Wildman–Crippen MR) is 109 cm³/mol. The molecule has 0 aliphatic carbocycles. The minimum atomic E-state index is -0.616. The molecule has 4 rings (SSSR count). The second-order valence-electron chi connectivity index (χ2n) is 6.76. The number of carbonyl (C=O) groups is 1. The van der Waals surface area contributed by atoms with Crippen LogP contribution in [0.5, 0.6) is 5.75 Å². The number of fused-ring (bicyclic) bond motifs is 1. The fraction of sp³-hybridized carbons (Fsp3) is 0.130. The van der Waals surface area contributed by atoms with Crippen LogP contribution < -0.4 is 10.1 Å². The Kier molecular flexibility index (Phi) is 4.99. The van der Waals surface area contributed by atoms with E-state index in [9.17, 15) is 9.18 Å². The van der Waals surface area contributed by atoms with Crippen molar-refractivity contribution in [2.45, 2.75) is 6.04 Å². The molecule has 1 heterocycles. The van der Waals surface area contributed by atoms with Gasteiger partial charge in [-0.25, -0.2) is 9.37 Å². The summed E-state index contributed by atoms with van der Waals surface area (Å²) in [6.45, 7) is 0. The molecule has 1 amide bonds. The minimum absolute atomic E-state index is 0.329. The summed E-state index contributed by atoms with van der Waals surface area (Å²) >= 11 is 0. The molecule has 0 saturated carbocycles. The molecule has 3 aromatic carbocycles. The number of benzene rings is 3. The molecule has 5 nitrogen and oxygen atoms in total. The maximum absolute atomic E-state index is 13.9. The van der Waals surface area contributed by atoms with E-state index in [2.05, 4.69) is 10.3 Å². The SMILES string of the molecule is COc1cc2ccccc2cc1C(=O)N[C@H](c1cccc(F)c1)c1nccn1C. The lowest BCUT2D eigenvalue weighted by atomic mass is 10.0. The number of rotatable bonds is 5. The fourth-order valence-electron chi connectivity index (χ4n) is 3.41. The van der Waals surface area contributed by atoms with Crippen molar-refractivity contribution in [1.82, 2.24) is 14.9 Å². The van der Waals surface area contributed by atoms with Crippen molar-refractivity contribution in [2.24, 2.45) is 7.05 Å². The first kappa shape index (κ1) is 18.7. The molecule has 1 aromatic heterocycles. The number of hydrogen-bond donors (Lipinski definition) is 1. The van der Waals surface area contributed by atoms with Gasteiger partial charge in [0.1, 0.15) is 23.4 Å². The lowest BCUT2D eigenvalue weighted by Crippen LogP contribution is -2.31. The Bertz CT molecular complexity index is 1190. The topological polar surface area (TPSA) is 56.1 Å². The number of halogens is 1. The minimum Gasteiger partial charge on any atom is -0.496 e. The third-order valence-electron chi connectivity index (χ3n) is 4.89. The quantitative estimate of drug-likeness (QED) is 0.555. The molecule has 6 heteroatoms. The number of carbonyl (C=O) groups excluding carboxylic acids is 1. The first-order valence-electron chi connectivity index (χ1n) is 9.17. The van der Waals surface area contributed by atoms with E-state index in [-0.39, 0.29) is 11.7 Å². The maximum Gasteiger partial charge on any atom is 0.255 e. The Morgan fingerprint density at radius 1 is 1.10 bits per heavy atom. The summed E-state index contributed by atoms with van der Waals surface area (Å²) in [5.41, 5.74) is 1.01. The Morgan fingerprint density at radius 3 is 2.52 bits per heavy atom. The molecule has 29 heavy (non-hydrogen) atoms. The third-order valence-corrected chi connectivity index (χ3v) is 4.89. The van der Waals surface area contributed by atoms with Crippen molar-refractivity contribution < 1.29 is 13.9 Å². The van der Waals surface area contributed by atoms with E-state index in [1.165, 1.54) is 19.2 Å². The summed E-state index contributed by atoms with van der Waals surface area (Å²) in [5, 5.41) is 4.90. The second kappa shape index (κ2) is 7.75. The molecule has 0 bridgehead atoms. The highest BCUT2D eigenvalue weighted by Crippen LogP contribution is 2.28. The van der Waals surface area contributed by atoms with Crippen LogP contribution in [-0.4, -0.2) is 22.6 Å². The number of aromatic nitrogens is 2. The van der Waals surface area contributed by atoms with E-state index in [0.29, 0.717) is 22.7 Å². The van der Waals surface area contributed by atoms with Crippen molar-refractivity contribution in [1.29, 1.82) is 0 Å². The molecule has 0 spiro atoms. The summed E-state index contributed by atoms with van der Waals surface area (Å²) in [7, 11) is 3.36. The Hall–Kier alpha value is -3.67. The van der Waals surface area contributed by atoms with Crippen LogP contribution in [0.4, 0.5) is 4.39 Å². The highest BCUT2D eigenvalue weighted by atomic mass is 19.1. The molecule has 4 aromatic rings. The van der Waals surface area contributed by atoms with E-state index in [1.54, 1.807) is 35.2 Å². The standard InChI is InChI=1S/C23H20FN3O2/c1-27-11-10-25-22(27)21(17-8-5-9-18(24)12-17)26-23(28)19-13-15-6-3-4-7-16(15)14-20(19)29-2/h3-14,21H,1-2H3,(H,26,28)/t21-/m1/s1. The number of nitrogens with one attached hydrogen (secondary N) is 1. The molecule has 0 aliphatic heterocycles. The highest BCUT2D eigenvalue weighted by Gasteiger charge is 2.23. The van der Waals surface area contributed by atoms with Gasteiger partial charge in [0.15, 0.2) is 0 Å². The Labute approximate surface area is 167 Å². The fourth-order valence-corrected chi connectivity index (χ4v) is 3.41. The van der Waals surface area contributed by atoms with Crippen LogP contribution in [0, 0.1) is 5.82 Å². The van der Waals surface area contributed by atoms with Gasteiger partial charge in [-0.15, -0.1) is 0 Å². The molecule has 0 fully saturated rings. The normalized spacial score (nSPS) is 12.0. The molecule has 0 aliphatic rings. The zero-order valence-corrected chi connectivity index (χ0v) is 16.1. The smallest absolute Gasteiger partial charge is 0.255 e. The Morgan fingerprint density at radius 2 is 1.86 bits per heavy atom. The summed E-state index contributed by atoms with van der Waals surface area (Å²) < 4.78 is 21.1. The summed E-state index contributed by atoms with van der Waals surface area (Å²) in [4.78, 5) is 17.6. The number of amides is 1. The van der Waals surface area contributed by atoms with Gasteiger partial charge in [0, 0.05) is 19.4 Å². The molecule has 0 unspecified atom stereocenters. The van der Waals surface area contributed by atoms with Gasteiger partial charge >= 0.3 is 0 Å². The van der Waals surface area contributed by atoms with Crippen molar-refractivity contribution in [3.8, 4) is 5.75 Å². The monoisotopic (exact) mass is 389 g/mol. The largest absolute Gasteiger partial charge is 0.496 e. The second-order valence-corrected chi connectivity index (χ2v) is 6.76. The molecular weight excluding hydrogens is 369 g/mol. The predicted octanol–water partition coefficient (Wildman–Crippen LogP) is 4.24. The molecular formula is C23H20FN3O2. The van der Waals surface area contributed by atoms with Crippen molar-refractivity contribution in [2.75, 3.05) is 7.11 Å². The van der Waals surface area contributed by atoms with Crippen LogP contribution in [0.15, 0.2) is 73.1 Å². The Balaban J connectivity index is 1.76. The van der Waals surface area contributed by atoms with Gasteiger partial charge in [-0.2, -0.15) is 0 Å². The molecule has 0 saturated heterocycles. The van der Waals surface area contributed by atoms with Crippen molar-refractivity contribution in [3.63, 3.8) is 0 Å². The maximum atomic E-state index is 13.9. The zero-order valence-electron chi connectivity index (χ0n) is 16.1. The molecule has 146 valence electrons. The molecule has 1 atom stereocenters. The highest BCUT2D eigenvalue weighted by molar-refractivity contribution is 6.02. The number of aryl methyl sites for hydroxylation is 1. The molecule has 1 N–H and O–H groups in total. The van der Waals surface area contributed by atoms with E-state index in [0.717, 1.165) is 10.8 Å². The van der Waals surface area contributed by atoms with Crippen LogP contribution in [0.1, 0.15) is 27.8 Å². The van der Waals surface area contributed by atoms with Gasteiger partial charge in [0.25, 0.3) is 5.91 Å². The number of ether oxygens (including phenoxy) is 1. The van der Waals surface area contributed by atoms with E-state index < -0.39 is 6.04 Å².